The van der Waals surface area contributed by atoms with Gasteiger partial charge in [-0.1, -0.05) is 18.2 Å². The molecule has 2 aromatic heterocycles. The van der Waals surface area contributed by atoms with Crippen molar-refractivity contribution in [1.82, 2.24) is 9.78 Å². The average Bonchev–Trinajstić information content (AvgIpc) is 3.05. The normalized spacial score (nSPS) is 10.8. The predicted octanol–water partition coefficient (Wildman–Crippen LogP) is 3.45. The topological polar surface area (TPSA) is 68.3 Å². The van der Waals surface area contributed by atoms with E-state index in [9.17, 15) is 9.90 Å². The minimum Gasteiger partial charge on any atom is -0.478 e. The molecule has 0 spiro atoms. The minimum absolute atomic E-state index is 0.118. The molecule has 106 valence electrons. The number of hydrogen-bond acceptors (Lipinski definition) is 3. The number of hydrogen-bond donors (Lipinski definition) is 1. The molecule has 0 bridgehead atoms. The fourth-order valence-electron chi connectivity index (χ4n) is 2.22. The third-order valence-corrected chi connectivity index (χ3v) is 3.28. The van der Waals surface area contributed by atoms with Gasteiger partial charge in [-0.25, -0.2) is 9.48 Å². The number of furan rings is 1. The van der Waals surface area contributed by atoms with Gasteiger partial charge >= 0.3 is 5.97 Å². The number of rotatable bonds is 3. The molecular weight excluding hydrogens is 268 g/mol. The van der Waals surface area contributed by atoms with Crippen molar-refractivity contribution in [1.29, 1.82) is 0 Å². The molecule has 3 rings (SSSR count). The summed E-state index contributed by atoms with van der Waals surface area (Å²) in [5.41, 5.74) is 2.31. The third-order valence-electron chi connectivity index (χ3n) is 3.28. The molecule has 0 saturated carbocycles. The number of carbonyl (C=O) groups is 1. The first kappa shape index (κ1) is 13.2. The van der Waals surface area contributed by atoms with Gasteiger partial charge in [0.2, 0.25) is 0 Å². The number of carboxylic acid groups (broad SMARTS) is 1. The molecule has 3 aromatic rings. The number of nitrogens with zero attached hydrogens (tertiary/aromatic N) is 2. The van der Waals surface area contributed by atoms with Crippen LogP contribution < -0.4 is 0 Å². The van der Waals surface area contributed by atoms with Crippen LogP contribution in [0, 0.1) is 13.8 Å². The van der Waals surface area contributed by atoms with Crippen molar-refractivity contribution in [2.45, 2.75) is 13.8 Å². The second-order valence-corrected chi connectivity index (χ2v) is 4.84. The predicted molar refractivity (Wildman–Crippen MR) is 77.7 cm³/mol. The van der Waals surface area contributed by atoms with Crippen LogP contribution in [-0.4, -0.2) is 20.9 Å². The summed E-state index contributed by atoms with van der Waals surface area (Å²) in [5.74, 6) is 0.142. The number of carboxylic acids is 1. The number of aryl methyl sites for hydroxylation is 2. The van der Waals surface area contributed by atoms with Crippen LogP contribution in [0.2, 0.25) is 0 Å². The van der Waals surface area contributed by atoms with E-state index in [4.69, 9.17) is 4.42 Å². The van der Waals surface area contributed by atoms with Gasteiger partial charge in [0.05, 0.1) is 5.69 Å². The molecule has 0 fully saturated rings. The molecule has 0 aliphatic carbocycles. The van der Waals surface area contributed by atoms with Crippen LogP contribution in [0.15, 0.2) is 47.0 Å². The summed E-state index contributed by atoms with van der Waals surface area (Å²) >= 11 is 0. The Balaban J connectivity index is 2.18. The summed E-state index contributed by atoms with van der Waals surface area (Å²) in [6.45, 7) is 3.76. The number of para-hydroxylation sites is 1. The van der Waals surface area contributed by atoms with Gasteiger partial charge in [-0.3, -0.25) is 0 Å². The first-order valence-electron chi connectivity index (χ1n) is 6.52. The summed E-state index contributed by atoms with van der Waals surface area (Å²) in [6.07, 6.45) is 1.51. The summed E-state index contributed by atoms with van der Waals surface area (Å²) in [7, 11) is 0. The standard InChI is InChI=1S/C16H14N2O3/c1-10-5-3-4-6-13(10)18-9-12(16(19)20)15(17-18)14-8-7-11(2)21-14/h3-9H,1-2H3,(H,19,20). The van der Waals surface area contributed by atoms with Gasteiger partial charge in [0.15, 0.2) is 5.76 Å². The zero-order valence-corrected chi connectivity index (χ0v) is 11.7. The van der Waals surface area contributed by atoms with Crippen LogP contribution >= 0.6 is 0 Å². The van der Waals surface area contributed by atoms with E-state index in [0.717, 1.165) is 11.3 Å². The molecule has 0 amide bonds. The van der Waals surface area contributed by atoms with Crippen molar-refractivity contribution in [2.24, 2.45) is 0 Å². The van der Waals surface area contributed by atoms with Crippen LogP contribution in [0.25, 0.3) is 17.1 Å². The Labute approximate surface area is 121 Å². The third kappa shape index (κ3) is 2.33. The summed E-state index contributed by atoms with van der Waals surface area (Å²) in [6, 6.07) is 11.2. The smallest absolute Gasteiger partial charge is 0.339 e. The largest absolute Gasteiger partial charge is 0.478 e. The van der Waals surface area contributed by atoms with E-state index < -0.39 is 5.97 Å². The summed E-state index contributed by atoms with van der Waals surface area (Å²) in [4.78, 5) is 11.4. The molecule has 0 radical (unpaired) electrons. The maximum atomic E-state index is 11.4. The van der Waals surface area contributed by atoms with Crippen LogP contribution in [0.3, 0.4) is 0 Å². The van der Waals surface area contributed by atoms with Gasteiger partial charge in [-0.2, -0.15) is 5.10 Å². The monoisotopic (exact) mass is 282 g/mol. The quantitative estimate of drug-likeness (QED) is 0.799. The minimum atomic E-state index is -1.03. The number of aromatic carboxylic acids is 1. The van der Waals surface area contributed by atoms with Gasteiger partial charge in [0.25, 0.3) is 0 Å². The number of benzene rings is 1. The molecule has 1 N–H and O–H groups in total. The van der Waals surface area contributed by atoms with Crippen LogP contribution in [0.4, 0.5) is 0 Å². The molecule has 0 atom stereocenters. The Bertz CT molecular complexity index is 815. The Morgan fingerprint density at radius 1 is 1.19 bits per heavy atom. The van der Waals surface area contributed by atoms with Crippen LogP contribution in [0.5, 0.6) is 0 Å². The van der Waals surface area contributed by atoms with Gasteiger partial charge in [0.1, 0.15) is 17.0 Å². The highest BCUT2D eigenvalue weighted by Gasteiger charge is 2.20. The Morgan fingerprint density at radius 2 is 1.95 bits per heavy atom. The van der Waals surface area contributed by atoms with Crippen molar-refractivity contribution >= 4 is 5.97 Å². The molecule has 1 aromatic carbocycles. The second kappa shape index (κ2) is 4.94. The van der Waals surface area contributed by atoms with E-state index in [0.29, 0.717) is 17.2 Å². The van der Waals surface area contributed by atoms with E-state index in [1.165, 1.54) is 6.20 Å². The van der Waals surface area contributed by atoms with E-state index in [1.807, 2.05) is 38.1 Å². The van der Waals surface area contributed by atoms with Gasteiger partial charge < -0.3 is 9.52 Å². The summed E-state index contributed by atoms with van der Waals surface area (Å²) < 4.78 is 7.08. The van der Waals surface area contributed by atoms with E-state index in [1.54, 1.807) is 16.8 Å². The highest BCUT2D eigenvalue weighted by Crippen LogP contribution is 2.26. The van der Waals surface area contributed by atoms with E-state index in [2.05, 4.69) is 5.10 Å². The maximum Gasteiger partial charge on any atom is 0.339 e. The fraction of sp³-hybridized carbons (Fsp3) is 0.125. The fourth-order valence-corrected chi connectivity index (χ4v) is 2.22. The SMILES string of the molecule is Cc1ccc(-c2nn(-c3ccccc3C)cc2C(=O)O)o1. The lowest BCUT2D eigenvalue weighted by Crippen LogP contribution is -1.97. The molecule has 0 saturated heterocycles. The van der Waals surface area contributed by atoms with Crippen LogP contribution in [0.1, 0.15) is 21.7 Å². The van der Waals surface area contributed by atoms with Gasteiger partial charge in [0, 0.05) is 6.20 Å². The Hall–Kier alpha value is -2.82. The molecule has 0 aliphatic rings. The lowest BCUT2D eigenvalue weighted by atomic mass is 10.2. The zero-order valence-electron chi connectivity index (χ0n) is 11.7. The maximum absolute atomic E-state index is 11.4. The van der Waals surface area contributed by atoms with Gasteiger partial charge in [-0.15, -0.1) is 0 Å². The number of aromatic nitrogens is 2. The van der Waals surface area contributed by atoms with Crippen molar-refractivity contribution in [3.63, 3.8) is 0 Å². The highest BCUT2D eigenvalue weighted by molar-refractivity contribution is 5.94. The van der Waals surface area contributed by atoms with Crippen molar-refractivity contribution in [2.75, 3.05) is 0 Å². The average molecular weight is 282 g/mol. The first-order chi connectivity index (χ1) is 10.1. The van der Waals surface area contributed by atoms with Gasteiger partial charge in [-0.05, 0) is 37.6 Å². The van der Waals surface area contributed by atoms with E-state index >= 15 is 0 Å². The highest BCUT2D eigenvalue weighted by atomic mass is 16.4. The molecule has 0 unspecified atom stereocenters. The molecule has 2 heterocycles. The van der Waals surface area contributed by atoms with Crippen molar-refractivity contribution in [3.05, 3.63) is 59.5 Å². The molecular formula is C16H14N2O3. The molecule has 5 heteroatoms. The van der Waals surface area contributed by atoms with Crippen LogP contribution in [-0.2, 0) is 0 Å². The molecule has 21 heavy (non-hydrogen) atoms. The van der Waals surface area contributed by atoms with Crippen molar-refractivity contribution < 1.29 is 14.3 Å². The molecule has 5 nitrogen and oxygen atoms in total. The second-order valence-electron chi connectivity index (χ2n) is 4.84. The zero-order chi connectivity index (χ0) is 15.0. The lowest BCUT2D eigenvalue weighted by Gasteiger charge is -2.04. The molecule has 0 aliphatic heterocycles. The Morgan fingerprint density at radius 3 is 2.57 bits per heavy atom. The van der Waals surface area contributed by atoms with E-state index in [-0.39, 0.29) is 5.56 Å². The summed E-state index contributed by atoms with van der Waals surface area (Å²) in [5, 5.41) is 13.8. The lowest BCUT2D eigenvalue weighted by molar-refractivity contribution is 0.0697. The Kier molecular flexibility index (Phi) is 3.10. The van der Waals surface area contributed by atoms with Crippen molar-refractivity contribution in [3.8, 4) is 17.1 Å². The first-order valence-corrected chi connectivity index (χ1v) is 6.52.